The summed E-state index contributed by atoms with van der Waals surface area (Å²) in [6, 6.07) is 8.40. The summed E-state index contributed by atoms with van der Waals surface area (Å²) in [7, 11) is 0. The van der Waals surface area contributed by atoms with Crippen molar-refractivity contribution in [3.8, 4) is 18.1 Å². The molecule has 24 heavy (non-hydrogen) atoms. The number of aryl methyl sites for hydroxylation is 1. The quantitative estimate of drug-likeness (QED) is 0.830. The second kappa shape index (κ2) is 7.50. The first-order valence-corrected chi connectivity index (χ1v) is 8.48. The molecule has 126 valence electrons. The molecule has 5 heteroatoms. The number of fused-ring (bicyclic) bond motifs is 1. The van der Waals surface area contributed by atoms with Crippen LogP contribution in [0.4, 0.5) is 0 Å². The summed E-state index contributed by atoms with van der Waals surface area (Å²) in [5.41, 5.74) is 1.13. The zero-order chi connectivity index (χ0) is 16.9. The number of rotatable bonds is 6. The average molecular weight is 324 g/mol. The molecule has 0 bridgehead atoms. The first-order chi connectivity index (χ1) is 11.7. The summed E-state index contributed by atoms with van der Waals surface area (Å²) in [4.78, 5) is 4.64. The highest BCUT2D eigenvalue weighted by Gasteiger charge is 2.22. The van der Waals surface area contributed by atoms with Gasteiger partial charge >= 0.3 is 0 Å². The molecule has 1 aromatic carbocycles. The van der Waals surface area contributed by atoms with Crippen LogP contribution in [0.2, 0.25) is 0 Å². The number of ether oxygens (including phenoxy) is 1. The maximum absolute atomic E-state index is 5.61. The Morgan fingerprint density at radius 1 is 1.42 bits per heavy atom. The number of nitrogens with zero attached hydrogens (tertiary/aromatic N) is 3. The number of terminal acetylenes is 1. The van der Waals surface area contributed by atoms with Crippen molar-refractivity contribution >= 4 is 0 Å². The lowest BCUT2D eigenvalue weighted by Gasteiger charge is -2.24. The molecule has 1 unspecified atom stereocenters. The highest BCUT2D eigenvalue weighted by molar-refractivity contribution is 5.33. The van der Waals surface area contributed by atoms with E-state index in [2.05, 4.69) is 45.9 Å². The van der Waals surface area contributed by atoms with Gasteiger partial charge in [-0.25, -0.2) is 9.67 Å². The van der Waals surface area contributed by atoms with Crippen molar-refractivity contribution < 1.29 is 4.74 Å². The second-order valence-electron chi connectivity index (χ2n) is 6.44. The molecule has 0 spiro atoms. The van der Waals surface area contributed by atoms with Gasteiger partial charge in [0.05, 0.1) is 6.54 Å². The van der Waals surface area contributed by atoms with E-state index in [1.54, 1.807) is 0 Å². The van der Waals surface area contributed by atoms with Crippen LogP contribution >= 0.6 is 0 Å². The van der Waals surface area contributed by atoms with E-state index < -0.39 is 0 Å². The minimum absolute atomic E-state index is 0.292. The molecular formula is C19H24N4O. The van der Waals surface area contributed by atoms with E-state index >= 15 is 0 Å². The molecule has 1 aliphatic rings. The Kier molecular flexibility index (Phi) is 5.17. The smallest absolute Gasteiger partial charge is 0.153 e. The van der Waals surface area contributed by atoms with Gasteiger partial charge in [-0.05, 0) is 12.5 Å². The summed E-state index contributed by atoms with van der Waals surface area (Å²) < 4.78 is 7.66. The fourth-order valence-electron chi connectivity index (χ4n) is 2.90. The van der Waals surface area contributed by atoms with E-state index in [0.717, 1.165) is 48.9 Å². The minimum Gasteiger partial charge on any atom is -0.481 e. The monoisotopic (exact) mass is 324 g/mol. The Labute approximate surface area is 143 Å². The molecule has 1 aromatic heterocycles. The molecule has 0 saturated heterocycles. The van der Waals surface area contributed by atoms with Gasteiger partial charge in [0.15, 0.2) is 5.82 Å². The standard InChI is InChI=1S/C19H24N4O/c1-4-11-24-17-8-6-5-7-15(17)12-20-16-9-10-18-21-19(14(2)3)22-23(18)13-16/h1,5-8,14,16,20H,9-13H2,2-3H3. The third-order valence-corrected chi connectivity index (χ3v) is 4.26. The fraction of sp³-hybridized carbons (Fsp3) is 0.474. The van der Waals surface area contributed by atoms with Crippen molar-refractivity contribution in [3.63, 3.8) is 0 Å². The average Bonchev–Trinajstić information content (AvgIpc) is 3.02. The third kappa shape index (κ3) is 3.77. The maximum atomic E-state index is 5.61. The van der Waals surface area contributed by atoms with Crippen molar-refractivity contribution in [1.29, 1.82) is 0 Å². The van der Waals surface area contributed by atoms with Gasteiger partial charge in [-0.1, -0.05) is 38.0 Å². The Balaban J connectivity index is 1.61. The lowest BCUT2D eigenvalue weighted by atomic mass is 10.1. The normalized spacial score (nSPS) is 16.7. The molecule has 0 aliphatic carbocycles. The molecule has 3 rings (SSSR count). The number of hydrogen-bond acceptors (Lipinski definition) is 4. The van der Waals surface area contributed by atoms with E-state index in [1.165, 1.54) is 0 Å². The van der Waals surface area contributed by atoms with Gasteiger partial charge in [0.1, 0.15) is 18.2 Å². The summed E-state index contributed by atoms with van der Waals surface area (Å²) >= 11 is 0. The van der Waals surface area contributed by atoms with Crippen LogP contribution in [0.1, 0.15) is 43.4 Å². The number of nitrogens with one attached hydrogen (secondary N) is 1. The zero-order valence-electron chi connectivity index (χ0n) is 14.3. The summed E-state index contributed by atoms with van der Waals surface area (Å²) in [6.07, 6.45) is 7.32. The van der Waals surface area contributed by atoms with Gasteiger partial charge < -0.3 is 10.1 Å². The number of hydrogen-bond donors (Lipinski definition) is 1. The fourth-order valence-corrected chi connectivity index (χ4v) is 2.90. The predicted molar refractivity (Wildman–Crippen MR) is 93.8 cm³/mol. The molecule has 1 aliphatic heterocycles. The van der Waals surface area contributed by atoms with Gasteiger partial charge in [-0.15, -0.1) is 6.42 Å². The van der Waals surface area contributed by atoms with Gasteiger partial charge in [0.25, 0.3) is 0 Å². The molecule has 0 fully saturated rings. The first kappa shape index (κ1) is 16.5. The summed E-state index contributed by atoms with van der Waals surface area (Å²) in [5, 5.41) is 8.25. The molecule has 1 N–H and O–H groups in total. The van der Waals surface area contributed by atoms with Gasteiger partial charge in [-0.3, -0.25) is 0 Å². The van der Waals surface area contributed by atoms with Crippen LogP contribution in [0.5, 0.6) is 5.75 Å². The van der Waals surface area contributed by atoms with E-state index in [4.69, 9.17) is 11.2 Å². The van der Waals surface area contributed by atoms with Crippen LogP contribution in [-0.4, -0.2) is 27.4 Å². The predicted octanol–water partition coefficient (Wildman–Crippen LogP) is 2.52. The summed E-state index contributed by atoms with van der Waals surface area (Å²) in [6.45, 7) is 6.17. The van der Waals surface area contributed by atoms with Crippen LogP contribution in [0.15, 0.2) is 24.3 Å². The molecule has 0 amide bonds. The van der Waals surface area contributed by atoms with E-state index in [-0.39, 0.29) is 0 Å². The maximum Gasteiger partial charge on any atom is 0.153 e. The van der Waals surface area contributed by atoms with Crippen LogP contribution in [0.25, 0.3) is 0 Å². The van der Waals surface area contributed by atoms with Crippen molar-refractivity contribution in [2.75, 3.05) is 6.61 Å². The second-order valence-corrected chi connectivity index (χ2v) is 6.44. The highest BCUT2D eigenvalue weighted by Crippen LogP contribution is 2.20. The molecule has 2 heterocycles. The van der Waals surface area contributed by atoms with Crippen molar-refractivity contribution in [2.24, 2.45) is 0 Å². The highest BCUT2D eigenvalue weighted by atomic mass is 16.5. The molecule has 2 aromatic rings. The van der Waals surface area contributed by atoms with E-state index in [0.29, 0.717) is 18.6 Å². The van der Waals surface area contributed by atoms with Crippen molar-refractivity contribution in [1.82, 2.24) is 20.1 Å². The van der Waals surface area contributed by atoms with Crippen LogP contribution in [0, 0.1) is 12.3 Å². The van der Waals surface area contributed by atoms with Crippen LogP contribution in [0.3, 0.4) is 0 Å². The Bertz CT molecular complexity index is 729. The van der Waals surface area contributed by atoms with Crippen LogP contribution in [-0.2, 0) is 19.5 Å². The topological polar surface area (TPSA) is 52.0 Å². The number of para-hydroxylation sites is 1. The Morgan fingerprint density at radius 2 is 2.25 bits per heavy atom. The largest absolute Gasteiger partial charge is 0.481 e. The Hall–Kier alpha value is -2.32. The SMILES string of the molecule is C#CCOc1ccccc1CNC1CCc2nc(C(C)C)nn2C1. The lowest BCUT2D eigenvalue weighted by Crippen LogP contribution is -2.37. The molecular weight excluding hydrogens is 300 g/mol. The van der Waals surface area contributed by atoms with Crippen molar-refractivity contribution in [2.45, 2.75) is 51.7 Å². The molecule has 1 atom stereocenters. The minimum atomic E-state index is 0.292. The van der Waals surface area contributed by atoms with Gasteiger partial charge in [0, 0.05) is 30.5 Å². The van der Waals surface area contributed by atoms with E-state index in [1.807, 2.05) is 18.2 Å². The van der Waals surface area contributed by atoms with Gasteiger partial charge in [0.2, 0.25) is 0 Å². The zero-order valence-corrected chi connectivity index (χ0v) is 14.3. The lowest BCUT2D eigenvalue weighted by molar-refractivity contribution is 0.345. The van der Waals surface area contributed by atoms with Crippen LogP contribution < -0.4 is 10.1 Å². The molecule has 5 nitrogen and oxygen atoms in total. The molecule has 0 saturated carbocycles. The third-order valence-electron chi connectivity index (χ3n) is 4.26. The summed E-state index contributed by atoms with van der Waals surface area (Å²) in [5.74, 6) is 5.78. The number of aromatic nitrogens is 3. The van der Waals surface area contributed by atoms with Gasteiger partial charge in [-0.2, -0.15) is 5.10 Å². The van der Waals surface area contributed by atoms with Crippen molar-refractivity contribution in [3.05, 3.63) is 41.5 Å². The first-order valence-electron chi connectivity index (χ1n) is 8.48. The van der Waals surface area contributed by atoms with E-state index in [9.17, 15) is 0 Å². The molecule has 0 radical (unpaired) electrons. The Morgan fingerprint density at radius 3 is 3.04 bits per heavy atom. The number of benzene rings is 1.